The largest absolute Gasteiger partial charge is 0.338 e. The van der Waals surface area contributed by atoms with Gasteiger partial charge in [0.15, 0.2) is 11.6 Å². The summed E-state index contributed by atoms with van der Waals surface area (Å²) < 4.78 is 26.2. The maximum absolute atomic E-state index is 13.2. The summed E-state index contributed by atoms with van der Waals surface area (Å²) in [5, 5.41) is 8.47. The fourth-order valence-electron chi connectivity index (χ4n) is 2.17. The molecule has 136 valence electrons. The number of carbonyl (C=O) groups excluding carboxylic acids is 1. The first kappa shape index (κ1) is 19.3. The Bertz CT molecular complexity index is 740. The normalized spacial score (nSPS) is 12.7. The maximum atomic E-state index is 13.2. The first-order valence-corrected chi connectivity index (χ1v) is 8.99. The van der Waals surface area contributed by atoms with Crippen LogP contribution >= 0.6 is 11.3 Å². The van der Waals surface area contributed by atoms with E-state index >= 15 is 0 Å². The van der Waals surface area contributed by atoms with Gasteiger partial charge in [0.05, 0.1) is 16.7 Å². The summed E-state index contributed by atoms with van der Waals surface area (Å²) in [6.45, 7) is 8.49. The molecule has 2 aromatic rings. The van der Waals surface area contributed by atoms with Crippen LogP contribution in [0.4, 0.5) is 13.6 Å². The summed E-state index contributed by atoms with van der Waals surface area (Å²) >= 11 is 1.58. The Balaban J connectivity index is 1.80. The lowest BCUT2D eigenvalue weighted by atomic mass is 9.93. The topological polar surface area (TPSA) is 54.0 Å². The summed E-state index contributed by atoms with van der Waals surface area (Å²) in [6, 6.07) is 2.81. The van der Waals surface area contributed by atoms with E-state index in [9.17, 15) is 13.6 Å². The number of nitrogens with one attached hydrogen (secondary N) is 2. The molecule has 2 N–H and O–H groups in total. The second kappa shape index (κ2) is 7.91. The molecule has 1 unspecified atom stereocenters. The first-order chi connectivity index (χ1) is 11.7. The Labute approximate surface area is 150 Å². The molecule has 25 heavy (non-hydrogen) atoms. The molecule has 0 fully saturated rings. The monoisotopic (exact) mass is 367 g/mol. The number of carbonyl (C=O) groups is 1. The second-order valence-electron chi connectivity index (χ2n) is 6.92. The van der Waals surface area contributed by atoms with Gasteiger partial charge in [-0.25, -0.2) is 18.6 Å². The molecule has 2 rings (SSSR count). The highest BCUT2D eigenvalue weighted by Crippen LogP contribution is 2.23. The van der Waals surface area contributed by atoms with Crippen LogP contribution in [0.25, 0.3) is 0 Å². The van der Waals surface area contributed by atoms with Gasteiger partial charge in [-0.1, -0.05) is 26.8 Å². The van der Waals surface area contributed by atoms with Crippen molar-refractivity contribution in [1.29, 1.82) is 0 Å². The molecule has 7 heteroatoms. The van der Waals surface area contributed by atoms with Crippen molar-refractivity contribution in [2.24, 2.45) is 0 Å². The summed E-state index contributed by atoms with van der Waals surface area (Å²) in [7, 11) is 0. The number of halogens is 2. The molecule has 0 radical (unpaired) electrons. The number of urea groups is 1. The van der Waals surface area contributed by atoms with Gasteiger partial charge in [-0.15, -0.1) is 11.3 Å². The summed E-state index contributed by atoms with van der Waals surface area (Å²) in [5.41, 5.74) is 1.56. The van der Waals surface area contributed by atoms with Crippen LogP contribution in [-0.4, -0.2) is 17.6 Å². The standard InChI is InChI=1S/C18H23F2N3OS/c1-11(12-5-6-13(19)14(20)9-12)22-17(24)21-8-7-16-23-15(10-25-16)18(2,3)4/h5-6,9-11H,7-8H2,1-4H3,(H2,21,22,24). The van der Waals surface area contributed by atoms with E-state index in [4.69, 9.17) is 0 Å². The van der Waals surface area contributed by atoms with Crippen molar-refractivity contribution in [3.63, 3.8) is 0 Å². The van der Waals surface area contributed by atoms with Crippen LogP contribution in [0, 0.1) is 11.6 Å². The Morgan fingerprint density at radius 2 is 2.00 bits per heavy atom. The van der Waals surface area contributed by atoms with Crippen LogP contribution in [0.15, 0.2) is 23.6 Å². The average molecular weight is 367 g/mol. The van der Waals surface area contributed by atoms with Gasteiger partial charge in [-0.2, -0.15) is 0 Å². The number of thiazole rings is 1. The van der Waals surface area contributed by atoms with Gasteiger partial charge in [0.1, 0.15) is 0 Å². The van der Waals surface area contributed by atoms with E-state index < -0.39 is 17.7 Å². The van der Waals surface area contributed by atoms with E-state index in [1.165, 1.54) is 6.07 Å². The smallest absolute Gasteiger partial charge is 0.315 e. The van der Waals surface area contributed by atoms with Crippen molar-refractivity contribution in [3.05, 3.63) is 51.5 Å². The van der Waals surface area contributed by atoms with Crippen molar-refractivity contribution in [3.8, 4) is 0 Å². The van der Waals surface area contributed by atoms with Crippen molar-refractivity contribution in [2.45, 2.75) is 45.6 Å². The van der Waals surface area contributed by atoms with Crippen molar-refractivity contribution < 1.29 is 13.6 Å². The Morgan fingerprint density at radius 3 is 2.60 bits per heavy atom. The van der Waals surface area contributed by atoms with Crippen LogP contribution < -0.4 is 10.6 Å². The zero-order valence-electron chi connectivity index (χ0n) is 14.8. The van der Waals surface area contributed by atoms with Crippen LogP contribution in [0.5, 0.6) is 0 Å². The number of rotatable bonds is 5. The van der Waals surface area contributed by atoms with E-state index in [1.54, 1.807) is 18.3 Å². The second-order valence-corrected chi connectivity index (χ2v) is 7.86. The van der Waals surface area contributed by atoms with Crippen LogP contribution in [0.2, 0.25) is 0 Å². The predicted molar refractivity (Wildman–Crippen MR) is 95.8 cm³/mol. The van der Waals surface area contributed by atoms with Gasteiger partial charge < -0.3 is 10.6 Å². The highest BCUT2D eigenvalue weighted by molar-refractivity contribution is 7.09. The molecule has 0 bridgehead atoms. The van der Waals surface area contributed by atoms with E-state index in [0.29, 0.717) is 18.5 Å². The minimum absolute atomic E-state index is 0.0133. The van der Waals surface area contributed by atoms with Crippen LogP contribution in [0.1, 0.15) is 50.0 Å². The summed E-state index contributed by atoms with van der Waals surface area (Å²) in [4.78, 5) is 16.5. The molecule has 1 heterocycles. The number of aromatic nitrogens is 1. The van der Waals surface area contributed by atoms with Gasteiger partial charge in [0, 0.05) is 23.8 Å². The summed E-state index contributed by atoms with van der Waals surface area (Å²) in [6.07, 6.45) is 0.647. The van der Waals surface area contributed by atoms with Gasteiger partial charge >= 0.3 is 6.03 Å². The quantitative estimate of drug-likeness (QED) is 0.827. The number of amides is 2. The fourth-order valence-corrected chi connectivity index (χ4v) is 3.19. The highest BCUT2D eigenvalue weighted by Gasteiger charge is 2.17. The van der Waals surface area contributed by atoms with Gasteiger partial charge in [-0.3, -0.25) is 0 Å². The molecular formula is C18H23F2N3OS. The molecule has 1 atom stereocenters. The third-order valence-electron chi connectivity index (χ3n) is 3.74. The van der Waals surface area contributed by atoms with E-state index in [1.807, 2.05) is 5.38 Å². The van der Waals surface area contributed by atoms with E-state index in [0.717, 1.165) is 22.8 Å². The SMILES string of the molecule is CC(NC(=O)NCCc1nc(C(C)(C)C)cs1)c1ccc(F)c(F)c1. The molecule has 0 aliphatic heterocycles. The lowest BCUT2D eigenvalue weighted by Crippen LogP contribution is -2.38. The molecule has 0 saturated carbocycles. The molecule has 0 saturated heterocycles. The van der Waals surface area contributed by atoms with E-state index in [2.05, 4.69) is 36.4 Å². The zero-order chi connectivity index (χ0) is 18.6. The summed E-state index contributed by atoms with van der Waals surface area (Å²) in [5.74, 6) is -1.83. The Hall–Kier alpha value is -2.02. The maximum Gasteiger partial charge on any atom is 0.315 e. The van der Waals surface area contributed by atoms with Crippen molar-refractivity contribution in [1.82, 2.24) is 15.6 Å². The zero-order valence-corrected chi connectivity index (χ0v) is 15.6. The molecule has 0 aliphatic carbocycles. The van der Waals surface area contributed by atoms with Crippen LogP contribution in [-0.2, 0) is 11.8 Å². The molecule has 0 spiro atoms. The Kier molecular flexibility index (Phi) is 6.11. The molecule has 1 aromatic heterocycles. The lowest BCUT2D eigenvalue weighted by Gasteiger charge is -2.15. The lowest BCUT2D eigenvalue weighted by molar-refractivity contribution is 0.238. The fraction of sp³-hybridized carbons (Fsp3) is 0.444. The third kappa shape index (κ3) is 5.49. The van der Waals surface area contributed by atoms with Crippen molar-refractivity contribution >= 4 is 17.4 Å². The first-order valence-electron chi connectivity index (χ1n) is 8.11. The molecule has 2 amide bonds. The third-order valence-corrected chi connectivity index (χ3v) is 4.64. The Morgan fingerprint density at radius 1 is 1.28 bits per heavy atom. The van der Waals surface area contributed by atoms with E-state index in [-0.39, 0.29) is 11.4 Å². The molecule has 0 aliphatic rings. The van der Waals surface area contributed by atoms with Crippen molar-refractivity contribution in [2.75, 3.05) is 6.54 Å². The minimum Gasteiger partial charge on any atom is -0.338 e. The predicted octanol–water partition coefficient (Wildman–Crippen LogP) is 4.32. The number of benzene rings is 1. The number of nitrogens with zero attached hydrogens (tertiary/aromatic N) is 1. The van der Waals surface area contributed by atoms with Gasteiger partial charge in [-0.05, 0) is 24.6 Å². The van der Waals surface area contributed by atoms with Gasteiger partial charge in [0.25, 0.3) is 0 Å². The molecule has 1 aromatic carbocycles. The van der Waals surface area contributed by atoms with Gasteiger partial charge in [0.2, 0.25) is 0 Å². The average Bonchev–Trinajstić information content (AvgIpc) is 2.99. The highest BCUT2D eigenvalue weighted by atomic mass is 32.1. The number of hydrogen-bond acceptors (Lipinski definition) is 3. The molecular weight excluding hydrogens is 344 g/mol. The number of hydrogen-bond donors (Lipinski definition) is 2. The molecule has 4 nitrogen and oxygen atoms in total. The van der Waals surface area contributed by atoms with Crippen LogP contribution in [0.3, 0.4) is 0 Å². The minimum atomic E-state index is -0.926.